The fourth-order valence-electron chi connectivity index (χ4n) is 4.05. The smallest absolute Gasteiger partial charge is 0.106 e. The van der Waals surface area contributed by atoms with E-state index in [1.807, 2.05) is 24.6 Å². The van der Waals surface area contributed by atoms with Crippen LogP contribution in [0.15, 0.2) is 35.7 Å². The predicted molar refractivity (Wildman–Crippen MR) is 142 cm³/mol. The molecule has 1 aliphatic heterocycles. The summed E-state index contributed by atoms with van der Waals surface area (Å²) in [6, 6.07) is 6.57. The minimum Gasteiger partial charge on any atom is -0.383 e. The largest absolute Gasteiger partial charge is 0.383 e. The first-order valence-corrected chi connectivity index (χ1v) is 12.9. The Balaban J connectivity index is 1.55. The van der Waals surface area contributed by atoms with E-state index in [0.29, 0.717) is 28.7 Å². The molecule has 0 saturated heterocycles. The Kier molecular flexibility index (Phi) is 6.21. The van der Waals surface area contributed by atoms with Crippen LogP contribution < -0.4 is 21.6 Å². The average molecular weight is 509 g/mol. The van der Waals surface area contributed by atoms with E-state index in [4.69, 9.17) is 11.6 Å². The second-order valence-electron chi connectivity index (χ2n) is 10.3. The molecule has 0 radical (unpaired) electrons. The summed E-state index contributed by atoms with van der Waals surface area (Å²) in [5.74, 6) is 0. The Labute approximate surface area is 214 Å². The molecule has 10 heteroatoms. The summed E-state index contributed by atoms with van der Waals surface area (Å²) in [5, 5.41) is 20.4. The quantitative estimate of drug-likeness (QED) is 0.333. The van der Waals surface area contributed by atoms with Crippen LogP contribution >= 0.6 is 22.9 Å². The summed E-state index contributed by atoms with van der Waals surface area (Å²) in [4.78, 5) is 10.1. The van der Waals surface area contributed by atoms with Crippen molar-refractivity contribution in [2.75, 3.05) is 17.2 Å². The second-order valence-corrected chi connectivity index (χ2v) is 11.6. The molecule has 1 atom stereocenters. The Hall–Kier alpha value is -3.06. The minimum absolute atomic E-state index is 0.0395. The number of anilines is 2. The van der Waals surface area contributed by atoms with Crippen molar-refractivity contribution in [1.82, 2.24) is 25.9 Å². The zero-order valence-corrected chi connectivity index (χ0v) is 21.8. The molecule has 1 fully saturated rings. The maximum atomic E-state index is 9.75. The molecule has 8 nitrogen and oxygen atoms in total. The van der Waals surface area contributed by atoms with E-state index in [1.165, 1.54) is 12.8 Å². The SMILES string of the molecule is Cc1ncsc1C(Nc1cc(Cl)c2ncc(C#N)c(NCC(C)(C)C)c2c1)C1=CN(C2CC2)NN1. The first-order chi connectivity index (χ1) is 16.7. The lowest BCUT2D eigenvalue weighted by molar-refractivity contribution is 0.260. The second kappa shape index (κ2) is 9.19. The topological polar surface area (TPSA) is 101 Å². The summed E-state index contributed by atoms with van der Waals surface area (Å²) in [6.07, 6.45) is 6.09. The standard InChI is InChI=1S/C25H29ClN8S/c1-14-24(35-13-30-14)23(20-11-34(33-32-20)17-5-6-17)31-16-7-18-21(29-12-25(2,3)4)15(9-27)10-28-22(18)19(26)8-16/h7-8,10-11,13,17,23,31-33H,5-6,12H2,1-4H3,(H,28,29). The molecule has 3 heterocycles. The number of hydrogen-bond acceptors (Lipinski definition) is 9. The molecule has 1 saturated carbocycles. The summed E-state index contributed by atoms with van der Waals surface area (Å²) in [5.41, 5.74) is 13.2. The van der Waals surface area contributed by atoms with E-state index in [2.05, 4.69) is 69.6 Å². The van der Waals surface area contributed by atoms with Crippen LogP contribution in [0.5, 0.6) is 0 Å². The molecule has 4 N–H and O–H groups in total. The number of halogens is 1. The van der Waals surface area contributed by atoms with E-state index < -0.39 is 0 Å². The fraction of sp³-hybridized carbons (Fsp3) is 0.400. The van der Waals surface area contributed by atoms with Crippen LogP contribution in [0.1, 0.15) is 55.8 Å². The van der Waals surface area contributed by atoms with Gasteiger partial charge in [0.25, 0.3) is 0 Å². The lowest BCUT2D eigenvalue weighted by Gasteiger charge is -2.23. The lowest BCUT2D eigenvalue weighted by atomic mass is 9.96. The fourth-order valence-corrected chi connectivity index (χ4v) is 5.19. The van der Waals surface area contributed by atoms with Gasteiger partial charge in [-0.25, -0.2) is 4.98 Å². The van der Waals surface area contributed by atoms with Crippen molar-refractivity contribution in [3.8, 4) is 6.07 Å². The molecule has 35 heavy (non-hydrogen) atoms. The molecular formula is C25H29ClN8S. The zero-order chi connectivity index (χ0) is 24.7. The zero-order valence-electron chi connectivity index (χ0n) is 20.2. The number of rotatable bonds is 7. The summed E-state index contributed by atoms with van der Waals surface area (Å²) in [6.45, 7) is 9.18. The number of nitrogens with one attached hydrogen (secondary N) is 4. The molecule has 2 aromatic heterocycles. The third kappa shape index (κ3) is 5.01. The molecule has 0 bridgehead atoms. The molecule has 3 aromatic rings. The number of benzene rings is 1. The van der Waals surface area contributed by atoms with Crippen molar-refractivity contribution in [2.24, 2.45) is 5.41 Å². The van der Waals surface area contributed by atoms with Gasteiger partial charge in [-0.1, -0.05) is 32.4 Å². The molecule has 1 aliphatic carbocycles. The van der Waals surface area contributed by atoms with E-state index in [9.17, 15) is 5.26 Å². The molecule has 182 valence electrons. The number of nitrogens with zero attached hydrogens (tertiary/aromatic N) is 4. The Morgan fingerprint density at radius 2 is 2.11 bits per heavy atom. The Morgan fingerprint density at radius 3 is 2.77 bits per heavy atom. The monoisotopic (exact) mass is 508 g/mol. The number of hydrazine groups is 2. The van der Waals surface area contributed by atoms with Crippen LogP contribution in [0, 0.1) is 23.7 Å². The number of nitriles is 1. The average Bonchev–Trinajstić information content (AvgIpc) is 3.39. The van der Waals surface area contributed by atoms with Gasteiger partial charge in [0.05, 0.1) is 43.6 Å². The van der Waals surface area contributed by atoms with E-state index in [1.54, 1.807) is 17.5 Å². The van der Waals surface area contributed by atoms with Crippen molar-refractivity contribution in [3.63, 3.8) is 0 Å². The van der Waals surface area contributed by atoms with Crippen LogP contribution in [0.25, 0.3) is 10.9 Å². The van der Waals surface area contributed by atoms with Gasteiger partial charge in [0, 0.05) is 36.1 Å². The van der Waals surface area contributed by atoms with Gasteiger partial charge >= 0.3 is 0 Å². The van der Waals surface area contributed by atoms with Crippen LogP contribution in [0.2, 0.25) is 5.02 Å². The summed E-state index contributed by atoms with van der Waals surface area (Å²) in [7, 11) is 0. The van der Waals surface area contributed by atoms with Gasteiger partial charge in [0.15, 0.2) is 0 Å². The highest BCUT2D eigenvalue weighted by atomic mass is 35.5. The normalized spacial score (nSPS) is 16.6. The van der Waals surface area contributed by atoms with Gasteiger partial charge in [-0.05, 0) is 37.3 Å². The summed E-state index contributed by atoms with van der Waals surface area (Å²) >= 11 is 8.33. The van der Waals surface area contributed by atoms with Crippen LogP contribution in [0.4, 0.5) is 11.4 Å². The van der Waals surface area contributed by atoms with E-state index in [0.717, 1.165) is 33.0 Å². The van der Waals surface area contributed by atoms with Crippen LogP contribution in [-0.2, 0) is 0 Å². The highest BCUT2D eigenvalue weighted by Gasteiger charge is 2.33. The van der Waals surface area contributed by atoms with Crippen LogP contribution in [-0.4, -0.2) is 27.6 Å². The molecule has 1 unspecified atom stereocenters. The first-order valence-electron chi connectivity index (χ1n) is 11.7. The highest BCUT2D eigenvalue weighted by molar-refractivity contribution is 7.09. The molecule has 5 rings (SSSR count). The number of aromatic nitrogens is 2. The number of fused-ring (bicyclic) bond motifs is 1. The molecule has 0 amide bonds. The van der Waals surface area contributed by atoms with E-state index >= 15 is 0 Å². The number of pyridine rings is 1. The van der Waals surface area contributed by atoms with Crippen LogP contribution in [0.3, 0.4) is 0 Å². The maximum absolute atomic E-state index is 9.75. The summed E-state index contributed by atoms with van der Waals surface area (Å²) < 4.78 is 0. The molecular weight excluding hydrogens is 480 g/mol. The van der Waals surface area contributed by atoms with Crippen molar-refractivity contribution in [2.45, 2.75) is 52.6 Å². The third-order valence-corrected chi connectivity index (χ3v) is 7.34. The minimum atomic E-state index is -0.148. The number of hydrogen-bond donors (Lipinski definition) is 4. The van der Waals surface area contributed by atoms with Crippen molar-refractivity contribution in [1.29, 1.82) is 5.26 Å². The van der Waals surface area contributed by atoms with Crippen molar-refractivity contribution in [3.05, 3.63) is 56.9 Å². The number of thiazole rings is 1. The third-order valence-electron chi connectivity index (χ3n) is 6.06. The van der Waals surface area contributed by atoms with Gasteiger partial charge in [-0.15, -0.1) is 16.9 Å². The first kappa shape index (κ1) is 23.7. The Bertz CT molecular complexity index is 1330. The van der Waals surface area contributed by atoms with Gasteiger partial charge in [0.1, 0.15) is 12.1 Å². The molecule has 2 aliphatic rings. The number of aryl methyl sites for hydroxylation is 1. The van der Waals surface area contributed by atoms with Gasteiger partial charge in [0.2, 0.25) is 0 Å². The highest BCUT2D eigenvalue weighted by Crippen LogP contribution is 2.38. The van der Waals surface area contributed by atoms with Gasteiger partial charge in [-0.3, -0.25) is 9.99 Å². The predicted octanol–water partition coefficient (Wildman–Crippen LogP) is 5.46. The van der Waals surface area contributed by atoms with Gasteiger partial charge < -0.3 is 16.1 Å². The van der Waals surface area contributed by atoms with Crippen molar-refractivity contribution >= 4 is 45.2 Å². The Morgan fingerprint density at radius 1 is 1.31 bits per heavy atom. The lowest BCUT2D eigenvalue weighted by Crippen LogP contribution is -2.38. The molecule has 0 spiro atoms. The molecule has 1 aromatic carbocycles. The van der Waals surface area contributed by atoms with Gasteiger partial charge in [-0.2, -0.15) is 5.26 Å². The maximum Gasteiger partial charge on any atom is 0.106 e. The van der Waals surface area contributed by atoms with Crippen molar-refractivity contribution < 1.29 is 0 Å². The van der Waals surface area contributed by atoms with E-state index in [-0.39, 0.29) is 11.5 Å².